The van der Waals surface area contributed by atoms with Crippen LogP contribution in [0.3, 0.4) is 0 Å². The Labute approximate surface area is 142 Å². The molecule has 0 fully saturated rings. The van der Waals surface area contributed by atoms with Crippen LogP contribution in [0.4, 0.5) is 10.1 Å². The molecular weight excluding hydrogens is 325 g/mol. The van der Waals surface area contributed by atoms with E-state index in [-0.39, 0.29) is 0 Å². The van der Waals surface area contributed by atoms with Gasteiger partial charge in [0.2, 0.25) is 0 Å². The Morgan fingerprint density at radius 2 is 2.00 bits per heavy atom. The second-order valence-electron chi connectivity index (χ2n) is 5.97. The van der Waals surface area contributed by atoms with Crippen LogP contribution in [0.2, 0.25) is 0 Å². The number of anilines is 1. The van der Waals surface area contributed by atoms with Crippen molar-refractivity contribution in [3.63, 3.8) is 0 Å². The van der Waals surface area contributed by atoms with Crippen molar-refractivity contribution in [1.82, 2.24) is 9.78 Å². The quantitative estimate of drug-likeness (QED) is 0.791. The molecule has 3 rings (SSSR count). The second-order valence-corrected chi connectivity index (χ2v) is 5.97. The maximum absolute atomic E-state index is 13.3. The minimum atomic E-state index is -1.30. The molecule has 0 spiro atoms. The normalized spacial score (nSPS) is 11.3. The van der Waals surface area contributed by atoms with Gasteiger partial charge in [-0.25, -0.2) is 9.07 Å². The van der Waals surface area contributed by atoms with Crippen LogP contribution in [0.1, 0.15) is 13.8 Å². The van der Waals surface area contributed by atoms with Crippen molar-refractivity contribution in [2.24, 2.45) is 0 Å². The molecule has 1 aromatic carbocycles. The molecule has 0 saturated carbocycles. The minimum absolute atomic E-state index is 0.299. The fourth-order valence-electron chi connectivity index (χ4n) is 2.31. The summed E-state index contributed by atoms with van der Waals surface area (Å²) in [5.41, 5.74) is -1.01. The van der Waals surface area contributed by atoms with Crippen LogP contribution in [0.25, 0.3) is 11.5 Å². The first-order valence-corrected chi connectivity index (χ1v) is 7.60. The van der Waals surface area contributed by atoms with Crippen molar-refractivity contribution in [1.29, 1.82) is 0 Å². The van der Waals surface area contributed by atoms with E-state index in [0.29, 0.717) is 17.1 Å². The van der Waals surface area contributed by atoms with E-state index in [1.807, 2.05) is 0 Å². The maximum atomic E-state index is 13.3. The number of hydrogen-bond donors (Lipinski definition) is 1. The molecule has 0 aliphatic rings. The van der Waals surface area contributed by atoms with Gasteiger partial charge in [-0.15, -0.1) is 0 Å². The van der Waals surface area contributed by atoms with E-state index in [2.05, 4.69) is 10.4 Å². The lowest BCUT2D eigenvalue weighted by Gasteiger charge is -2.25. The molecule has 0 unspecified atom stereocenters. The summed E-state index contributed by atoms with van der Waals surface area (Å²) in [5, 5.41) is 6.84. The number of carbonyl (C=O) groups excluding carboxylic acids is 1. The molecule has 3 aromatic rings. The van der Waals surface area contributed by atoms with E-state index >= 15 is 0 Å². The highest BCUT2D eigenvalue weighted by Crippen LogP contribution is 2.20. The third kappa shape index (κ3) is 3.35. The lowest BCUT2D eigenvalue weighted by Crippen LogP contribution is -2.47. The number of nitrogens with zero attached hydrogens (tertiary/aromatic N) is 2. The Bertz CT molecular complexity index is 962. The van der Waals surface area contributed by atoms with Crippen molar-refractivity contribution in [2.45, 2.75) is 19.4 Å². The van der Waals surface area contributed by atoms with Crippen molar-refractivity contribution in [3.8, 4) is 11.5 Å². The summed E-state index contributed by atoms with van der Waals surface area (Å²) < 4.78 is 19.6. The Kier molecular flexibility index (Phi) is 4.22. The van der Waals surface area contributed by atoms with Crippen LogP contribution in [-0.2, 0) is 10.3 Å². The van der Waals surface area contributed by atoms with E-state index in [9.17, 15) is 14.0 Å². The van der Waals surface area contributed by atoms with Crippen LogP contribution in [0.15, 0.2) is 64.0 Å². The average Bonchev–Trinajstić information content (AvgIpc) is 3.09. The predicted octanol–water partition coefficient (Wildman–Crippen LogP) is 3.02. The van der Waals surface area contributed by atoms with E-state index < -0.39 is 22.8 Å². The van der Waals surface area contributed by atoms with Crippen LogP contribution in [0, 0.1) is 5.82 Å². The van der Waals surface area contributed by atoms with E-state index in [1.165, 1.54) is 36.6 Å². The summed E-state index contributed by atoms with van der Waals surface area (Å²) in [6, 6.07) is 11.8. The molecule has 128 valence electrons. The Morgan fingerprint density at radius 1 is 1.20 bits per heavy atom. The third-order valence-electron chi connectivity index (χ3n) is 3.74. The standard InChI is InChI=1S/C18H16FN3O3/c1-18(2,17(24)20-13-6-3-5-12(19)11-13)22-16(23)9-8-14(21-22)15-7-4-10-25-15/h3-11H,1-2H3,(H,20,24). The maximum Gasteiger partial charge on any atom is 0.267 e. The monoisotopic (exact) mass is 341 g/mol. The number of amides is 1. The SMILES string of the molecule is CC(C)(C(=O)Nc1cccc(F)c1)n1nc(-c2ccco2)ccc1=O. The summed E-state index contributed by atoms with van der Waals surface area (Å²) in [6.07, 6.45) is 1.49. The number of aromatic nitrogens is 2. The van der Waals surface area contributed by atoms with Gasteiger partial charge in [0.1, 0.15) is 17.1 Å². The summed E-state index contributed by atoms with van der Waals surface area (Å²) in [6.45, 7) is 3.11. The number of carbonyl (C=O) groups is 1. The van der Waals surface area contributed by atoms with Crippen LogP contribution >= 0.6 is 0 Å². The highest BCUT2D eigenvalue weighted by molar-refractivity contribution is 5.96. The summed E-state index contributed by atoms with van der Waals surface area (Å²) in [5.74, 6) is -0.481. The van der Waals surface area contributed by atoms with Gasteiger partial charge in [-0.1, -0.05) is 6.07 Å². The Hall–Kier alpha value is -3.22. The Morgan fingerprint density at radius 3 is 2.68 bits per heavy atom. The van der Waals surface area contributed by atoms with Gasteiger partial charge in [-0.3, -0.25) is 9.59 Å². The first-order valence-electron chi connectivity index (χ1n) is 7.60. The average molecular weight is 341 g/mol. The van der Waals surface area contributed by atoms with Gasteiger partial charge in [-0.05, 0) is 50.2 Å². The zero-order valence-corrected chi connectivity index (χ0v) is 13.7. The number of benzene rings is 1. The lowest BCUT2D eigenvalue weighted by atomic mass is 10.0. The molecule has 2 heterocycles. The lowest BCUT2D eigenvalue weighted by molar-refractivity contribution is -0.123. The van der Waals surface area contributed by atoms with Crippen molar-refractivity contribution < 1.29 is 13.6 Å². The molecule has 0 saturated heterocycles. The summed E-state index contributed by atoms with van der Waals surface area (Å²) in [7, 11) is 0. The van der Waals surface area contributed by atoms with Crippen LogP contribution in [0.5, 0.6) is 0 Å². The van der Waals surface area contributed by atoms with Crippen molar-refractivity contribution in [2.75, 3.05) is 5.32 Å². The highest BCUT2D eigenvalue weighted by atomic mass is 19.1. The summed E-state index contributed by atoms with van der Waals surface area (Å²) in [4.78, 5) is 24.9. The van der Waals surface area contributed by atoms with E-state index in [4.69, 9.17) is 4.42 Å². The Balaban J connectivity index is 1.94. The zero-order chi connectivity index (χ0) is 18.0. The van der Waals surface area contributed by atoms with Crippen molar-refractivity contribution in [3.05, 3.63) is 71.0 Å². The predicted molar refractivity (Wildman–Crippen MR) is 90.6 cm³/mol. The highest BCUT2D eigenvalue weighted by Gasteiger charge is 2.32. The molecule has 0 atom stereocenters. The second kappa shape index (κ2) is 6.35. The molecule has 1 N–H and O–H groups in total. The van der Waals surface area contributed by atoms with E-state index in [1.54, 1.807) is 32.0 Å². The largest absolute Gasteiger partial charge is 0.463 e. The molecule has 0 aliphatic heterocycles. The first kappa shape index (κ1) is 16.6. The minimum Gasteiger partial charge on any atom is -0.463 e. The van der Waals surface area contributed by atoms with Gasteiger partial charge in [0.05, 0.1) is 6.26 Å². The number of hydrogen-bond acceptors (Lipinski definition) is 4. The molecule has 0 radical (unpaired) electrons. The van der Waals surface area contributed by atoms with Gasteiger partial charge in [0, 0.05) is 11.8 Å². The molecule has 25 heavy (non-hydrogen) atoms. The molecule has 0 bridgehead atoms. The molecule has 0 aliphatic carbocycles. The third-order valence-corrected chi connectivity index (χ3v) is 3.74. The summed E-state index contributed by atoms with van der Waals surface area (Å²) >= 11 is 0. The molecular formula is C18H16FN3O3. The van der Waals surface area contributed by atoms with Gasteiger partial charge in [0.25, 0.3) is 11.5 Å². The van der Waals surface area contributed by atoms with Crippen LogP contribution in [-0.4, -0.2) is 15.7 Å². The van der Waals surface area contributed by atoms with Crippen molar-refractivity contribution >= 4 is 11.6 Å². The molecule has 1 amide bonds. The molecule has 7 heteroatoms. The van der Waals surface area contributed by atoms with Gasteiger partial charge in [-0.2, -0.15) is 5.10 Å². The van der Waals surface area contributed by atoms with Crippen LogP contribution < -0.4 is 10.9 Å². The molecule has 2 aromatic heterocycles. The fourth-order valence-corrected chi connectivity index (χ4v) is 2.31. The number of furan rings is 1. The number of nitrogens with one attached hydrogen (secondary N) is 1. The molecule has 6 nitrogen and oxygen atoms in total. The van der Waals surface area contributed by atoms with Gasteiger partial charge < -0.3 is 9.73 Å². The smallest absolute Gasteiger partial charge is 0.267 e. The van der Waals surface area contributed by atoms with E-state index in [0.717, 1.165) is 4.68 Å². The zero-order valence-electron chi connectivity index (χ0n) is 13.7. The van der Waals surface area contributed by atoms with Gasteiger partial charge in [0.15, 0.2) is 5.76 Å². The number of rotatable bonds is 4. The topological polar surface area (TPSA) is 77.1 Å². The van der Waals surface area contributed by atoms with Gasteiger partial charge >= 0.3 is 0 Å². The fraction of sp³-hybridized carbons (Fsp3) is 0.167. The number of halogens is 1. The first-order chi connectivity index (χ1) is 11.9.